The summed E-state index contributed by atoms with van der Waals surface area (Å²) in [6.45, 7) is 8.32. The number of rotatable bonds is 2. The number of aryl methyl sites for hydroxylation is 1. The van der Waals surface area contributed by atoms with E-state index < -0.39 is 0 Å². The molecule has 5 nitrogen and oxygen atoms in total. The van der Waals surface area contributed by atoms with Gasteiger partial charge in [0.2, 0.25) is 5.88 Å². The standard InChI is InChI=1S/C10H17N3O2/c1-6-12-8(14)7(9(15)13-6)11-5-10(2,3)4/h11H,5H2,1-4H3,(H2,12,13,14,15). The van der Waals surface area contributed by atoms with Gasteiger partial charge in [-0.25, -0.2) is 0 Å². The number of hydrogen-bond acceptors (Lipinski definition) is 4. The Labute approximate surface area is 88.6 Å². The van der Waals surface area contributed by atoms with E-state index in [1.165, 1.54) is 0 Å². The van der Waals surface area contributed by atoms with E-state index in [1.54, 1.807) is 6.92 Å². The lowest BCUT2D eigenvalue weighted by Gasteiger charge is -2.19. The second-order valence-electron chi connectivity index (χ2n) is 4.76. The summed E-state index contributed by atoms with van der Waals surface area (Å²) in [5.74, 6) is 0.152. The number of nitrogens with one attached hydrogen (secondary N) is 2. The molecule has 1 aromatic heterocycles. The molecule has 0 aliphatic rings. The lowest BCUT2D eigenvalue weighted by molar-refractivity contribution is 0.433. The number of aromatic amines is 1. The Balaban J connectivity index is 2.91. The Morgan fingerprint density at radius 3 is 2.53 bits per heavy atom. The fraction of sp³-hybridized carbons (Fsp3) is 0.600. The van der Waals surface area contributed by atoms with Gasteiger partial charge in [-0.3, -0.25) is 4.79 Å². The molecule has 0 saturated carbocycles. The minimum atomic E-state index is -0.343. The molecule has 0 atom stereocenters. The first-order chi connectivity index (χ1) is 6.79. The van der Waals surface area contributed by atoms with Crippen molar-refractivity contribution in [2.45, 2.75) is 27.7 Å². The van der Waals surface area contributed by atoms with E-state index in [0.717, 1.165) is 0 Å². The van der Waals surface area contributed by atoms with Crippen molar-refractivity contribution in [1.82, 2.24) is 9.97 Å². The van der Waals surface area contributed by atoms with Gasteiger partial charge >= 0.3 is 0 Å². The van der Waals surface area contributed by atoms with Gasteiger partial charge in [-0.2, -0.15) is 4.98 Å². The summed E-state index contributed by atoms with van der Waals surface area (Å²) in [7, 11) is 0. The Bertz CT molecular complexity index is 404. The first-order valence-corrected chi connectivity index (χ1v) is 4.83. The monoisotopic (exact) mass is 211 g/mol. The molecule has 15 heavy (non-hydrogen) atoms. The third-order valence-corrected chi connectivity index (χ3v) is 1.81. The van der Waals surface area contributed by atoms with Gasteiger partial charge in [-0.15, -0.1) is 0 Å². The van der Waals surface area contributed by atoms with Gasteiger partial charge in [-0.1, -0.05) is 20.8 Å². The van der Waals surface area contributed by atoms with Gasteiger partial charge in [0.1, 0.15) is 5.82 Å². The van der Waals surface area contributed by atoms with Crippen LogP contribution in [0.15, 0.2) is 4.79 Å². The maximum atomic E-state index is 11.5. The molecule has 1 aromatic rings. The number of nitrogens with zero attached hydrogens (tertiary/aromatic N) is 1. The molecule has 3 N–H and O–H groups in total. The summed E-state index contributed by atoms with van der Waals surface area (Å²) in [4.78, 5) is 17.8. The largest absolute Gasteiger partial charge is 0.492 e. The van der Waals surface area contributed by atoms with Crippen molar-refractivity contribution in [3.63, 3.8) is 0 Å². The number of hydrogen-bond donors (Lipinski definition) is 3. The minimum absolute atomic E-state index is 0.0315. The number of anilines is 1. The molecular formula is C10H17N3O2. The van der Waals surface area contributed by atoms with Crippen LogP contribution in [0.5, 0.6) is 5.88 Å². The zero-order valence-electron chi connectivity index (χ0n) is 9.51. The fourth-order valence-corrected chi connectivity index (χ4v) is 1.08. The third-order valence-electron chi connectivity index (χ3n) is 1.81. The van der Waals surface area contributed by atoms with E-state index in [4.69, 9.17) is 0 Å². The van der Waals surface area contributed by atoms with Crippen LogP contribution >= 0.6 is 0 Å². The second kappa shape index (κ2) is 3.92. The molecule has 0 aliphatic heterocycles. The van der Waals surface area contributed by atoms with Crippen LogP contribution in [0.25, 0.3) is 0 Å². The molecule has 0 aromatic carbocycles. The van der Waals surface area contributed by atoms with Crippen LogP contribution in [0, 0.1) is 12.3 Å². The lowest BCUT2D eigenvalue weighted by Crippen LogP contribution is -2.24. The Morgan fingerprint density at radius 2 is 2.07 bits per heavy atom. The molecule has 0 bridgehead atoms. The molecule has 0 spiro atoms. The molecule has 0 saturated heterocycles. The average Bonchev–Trinajstić information content (AvgIpc) is 1.99. The van der Waals surface area contributed by atoms with Crippen LogP contribution in [0.4, 0.5) is 5.69 Å². The minimum Gasteiger partial charge on any atom is -0.492 e. The summed E-state index contributed by atoms with van der Waals surface area (Å²) in [5.41, 5.74) is -0.177. The van der Waals surface area contributed by atoms with E-state index in [0.29, 0.717) is 12.4 Å². The predicted molar refractivity (Wildman–Crippen MR) is 59.2 cm³/mol. The van der Waals surface area contributed by atoms with Crippen LogP contribution < -0.4 is 10.9 Å². The van der Waals surface area contributed by atoms with Crippen LogP contribution in [0.3, 0.4) is 0 Å². The summed E-state index contributed by atoms with van der Waals surface area (Å²) in [6.07, 6.45) is 0. The van der Waals surface area contributed by atoms with Gasteiger partial charge in [0.25, 0.3) is 5.56 Å². The van der Waals surface area contributed by atoms with Crippen molar-refractivity contribution in [3.8, 4) is 5.88 Å². The zero-order valence-corrected chi connectivity index (χ0v) is 9.51. The van der Waals surface area contributed by atoms with E-state index in [9.17, 15) is 9.90 Å². The first-order valence-electron chi connectivity index (χ1n) is 4.83. The molecule has 0 radical (unpaired) electrons. The van der Waals surface area contributed by atoms with Crippen molar-refractivity contribution < 1.29 is 5.11 Å². The number of H-pyrrole nitrogens is 1. The van der Waals surface area contributed by atoms with E-state index >= 15 is 0 Å². The highest BCUT2D eigenvalue weighted by Crippen LogP contribution is 2.18. The van der Waals surface area contributed by atoms with Gasteiger partial charge in [0.05, 0.1) is 0 Å². The molecule has 1 heterocycles. The summed E-state index contributed by atoms with van der Waals surface area (Å²) in [5, 5.41) is 12.4. The highest BCUT2D eigenvalue weighted by atomic mass is 16.3. The Kier molecular flexibility index (Phi) is 3.02. The molecule has 0 unspecified atom stereocenters. The van der Waals surface area contributed by atoms with Gasteiger partial charge < -0.3 is 15.4 Å². The SMILES string of the molecule is Cc1nc(O)c(NCC(C)(C)C)c(=O)[nH]1. The Morgan fingerprint density at radius 1 is 1.47 bits per heavy atom. The summed E-state index contributed by atoms with van der Waals surface area (Å²) < 4.78 is 0. The van der Waals surface area contributed by atoms with E-state index in [1.807, 2.05) is 20.8 Å². The van der Waals surface area contributed by atoms with Crippen LogP contribution in [0.2, 0.25) is 0 Å². The molecule has 5 heteroatoms. The maximum Gasteiger partial charge on any atom is 0.278 e. The lowest BCUT2D eigenvalue weighted by atomic mass is 9.97. The molecular weight excluding hydrogens is 194 g/mol. The summed E-state index contributed by atoms with van der Waals surface area (Å²) in [6, 6.07) is 0. The van der Waals surface area contributed by atoms with Crippen LogP contribution in [-0.4, -0.2) is 21.6 Å². The smallest absolute Gasteiger partial charge is 0.278 e. The highest BCUT2D eigenvalue weighted by molar-refractivity contribution is 5.49. The van der Waals surface area contributed by atoms with E-state index in [-0.39, 0.29) is 22.5 Å². The van der Waals surface area contributed by atoms with Gasteiger partial charge in [0, 0.05) is 6.54 Å². The van der Waals surface area contributed by atoms with Crippen molar-refractivity contribution in [1.29, 1.82) is 0 Å². The van der Waals surface area contributed by atoms with Crippen molar-refractivity contribution >= 4 is 5.69 Å². The average molecular weight is 211 g/mol. The topological polar surface area (TPSA) is 78.0 Å². The van der Waals surface area contributed by atoms with Crippen molar-refractivity contribution in [3.05, 3.63) is 16.2 Å². The maximum absolute atomic E-state index is 11.5. The van der Waals surface area contributed by atoms with E-state index in [2.05, 4.69) is 15.3 Å². The van der Waals surface area contributed by atoms with Crippen molar-refractivity contribution in [2.24, 2.45) is 5.41 Å². The quantitative estimate of drug-likeness (QED) is 0.687. The molecule has 0 amide bonds. The molecule has 0 aliphatic carbocycles. The third kappa shape index (κ3) is 3.27. The fourth-order valence-electron chi connectivity index (χ4n) is 1.08. The summed E-state index contributed by atoms with van der Waals surface area (Å²) >= 11 is 0. The normalized spacial score (nSPS) is 11.5. The van der Waals surface area contributed by atoms with Crippen LogP contribution in [0.1, 0.15) is 26.6 Å². The Hall–Kier alpha value is -1.52. The number of aromatic nitrogens is 2. The zero-order chi connectivity index (χ0) is 11.6. The second-order valence-corrected chi connectivity index (χ2v) is 4.76. The molecule has 84 valence electrons. The first kappa shape index (κ1) is 11.6. The molecule has 0 fully saturated rings. The highest BCUT2D eigenvalue weighted by Gasteiger charge is 2.14. The van der Waals surface area contributed by atoms with Gasteiger partial charge in [-0.05, 0) is 12.3 Å². The predicted octanol–water partition coefficient (Wildman–Crippen LogP) is 1.24. The van der Waals surface area contributed by atoms with Crippen LogP contribution in [-0.2, 0) is 0 Å². The molecule has 1 rings (SSSR count). The number of aromatic hydroxyl groups is 1. The van der Waals surface area contributed by atoms with Gasteiger partial charge in [0.15, 0.2) is 5.69 Å². The van der Waals surface area contributed by atoms with Crippen molar-refractivity contribution in [2.75, 3.05) is 11.9 Å².